The first-order valence-electron chi connectivity index (χ1n) is 13.5. The second-order valence-electron chi connectivity index (χ2n) is 10.2. The topological polar surface area (TPSA) is 69.6 Å². The van der Waals surface area contributed by atoms with Crippen LogP contribution in [0.4, 0.5) is 37.5 Å². The minimum Gasteiger partial charge on any atom is -0.260 e. The molecular weight excluding hydrogens is 583 g/mol. The highest BCUT2D eigenvalue weighted by Crippen LogP contribution is 2.51. The van der Waals surface area contributed by atoms with Crippen LogP contribution in [-0.4, -0.2) is 22.3 Å². The summed E-state index contributed by atoms with van der Waals surface area (Å²) in [5.41, 5.74) is 2.86. The van der Waals surface area contributed by atoms with Gasteiger partial charge < -0.3 is 0 Å². The maximum Gasteiger partial charge on any atom is 0.343 e. The number of nitrogens with zero attached hydrogens (tertiary/aromatic N) is 5. The first-order chi connectivity index (χ1) is 20.5. The number of anilines is 5. The van der Waals surface area contributed by atoms with Crippen molar-refractivity contribution in [2.24, 2.45) is 5.92 Å². The Kier molecular flexibility index (Phi) is 6.97. The third-order valence-electron chi connectivity index (χ3n) is 6.86. The molecule has 0 spiro atoms. The van der Waals surface area contributed by atoms with E-state index in [-0.39, 0.29) is 5.13 Å². The van der Waals surface area contributed by atoms with Crippen molar-refractivity contribution < 1.29 is 9.59 Å². The highest BCUT2D eigenvalue weighted by Gasteiger charge is 2.41. The molecule has 2 aliphatic rings. The molecule has 4 aromatic carbocycles. The summed E-state index contributed by atoms with van der Waals surface area (Å²) in [6, 6.07) is 30.0. The molecule has 0 aliphatic carbocycles. The van der Waals surface area contributed by atoms with Crippen molar-refractivity contribution >= 4 is 74.8 Å². The molecule has 3 heterocycles. The van der Waals surface area contributed by atoms with Gasteiger partial charge in [-0.1, -0.05) is 97.2 Å². The zero-order chi connectivity index (χ0) is 28.8. The van der Waals surface area contributed by atoms with E-state index >= 15 is 0 Å². The monoisotopic (exact) mass is 607 g/mol. The molecule has 0 bridgehead atoms. The van der Waals surface area contributed by atoms with Crippen LogP contribution in [0.15, 0.2) is 117 Å². The molecule has 2 aliphatic heterocycles. The summed E-state index contributed by atoms with van der Waals surface area (Å²) in [4.78, 5) is 37.9. The molecule has 0 atom stereocenters. The number of imide groups is 1. The summed E-state index contributed by atoms with van der Waals surface area (Å²) in [5.74, 6) is 0.349. The van der Waals surface area contributed by atoms with Gasteiger partial charge in [-0.2, -0.15) is 4.90 Å². The number of aromatic nitrogens is 2. The lowest BCUT2D eigenvalue weighted by Gasteiger charge is -2.37. The number of amides is 4. The van der Waals surface area contributed by atoms with E-state index < -0.39 is 12.1 Å². The summed E-state index contributed by atoms with van der Waals surface area (Å²) in [5, 5.41) is 9.81. The SMILES string of the molecule is CC(C)Cc1nnc(N(C(=O)N2c3ccccc3Sc3ccccc32)C(=O)N2c3ccccc3Sc3ccccc32)s1. The maximum absolute atomic E-state index is 14.9. The number of hydrogen-bond acceptors (Lipinski definition) is 7. The van der Waals surface area contributed by atoms with Crippen LogP contribution in [0.25, 0.3) is 0 Å². The van der Waals surface area contributed by atoms with Gasteiger partial charge in [-0.25, -0.2) is 9.59 Å². The van der Waals surface area contributed by atoms with Crippen LogP contribution in [0.1, 0.15) is 18.9 Å². The molecular formula is C32H25N5O2S3. The Hall–Kier alpha value is -4.12. The third-order valence-corrected chi connectivity index (χ3v) is 10.1. The predicted octanol–water partition coefficient (Wildman–Crippen LogP) is 9.39. The highest BCUT2D eigenvalue weighted by molar-refractivity contribution is 8.00. The van der Waals surface area contributed by atoms with Gasteiger partial charge in [-0.3, -0.25) is 9.80 Å². The van der Waals surface area contributed by atoms with Crippen LogP contribution in [0.3, 0.4) is 0 Å². The Labute approximate surface area is 256 Å². The summed E-state index contributed by atoms with van der Waals surface area (Å²) < 4.78 is 0. The molecule has 7 rings (SSSR count). The summed E-state index contributed by atoms with van der Waals surface area (Å²) in [6.45, 7) is 4.21. The first-order valence-corrected chi connectivity index (χ1v) is 16.0. The van der Waals surface area contributed by atoms with Gasteiger partial charge in [-0.15, -0.1) is 10.2 Å². The largest absolute Gasteiger partial charge is 0.343 e. The van der Waals surface area contributed by atoms with Crippen LogP contribution in [0, 0.1) is 5.92 Å². The second kappa shape index (κ2) is 10.9. The van der Waals surface area contributed by atoms with E-state index in [2.05, 4.69) is 24.0 Å². The Bertz CT molecular complexity index is 1640. The van der Waals surface area contributed by atoms with Crippen LogP contribution in [0.2, 0.25) is 0 Å². The summed E-state index contributed by atoms with van der Waals surface area (Å²) in [6.07, 6.45) is 0.700. The minimum absolute atomic E-state index is 0.238. The van der Waals surface area contributed by atoms with Gasteiger partial charge in [0.2, 0.25) is 5.13 Å². The number of urea groups is 2. The predicted molar refractivity (Wildman–Crippen MR) is 170 cm³/mol. The van der Waals surface area contributed by atoms with E-state index in [1.807, 2.05) is 97.1 Å². The Morgan fingerprint density at radius 3 is 1.40 bits per heavy atom. The molecule has 42 heavy (non-hydrogen) atoms. The quantitative estimate of drug-likeness (QED) is 0.204. The van der Waals surface area contributed by atoms with Crippen molar-refractivity contribution in [1.82, 2.24) is 10.2 Å². The van der Waals surface area contributed by atoms with E-state index in [1.165, 1.54) is 16.2 Å². The Morgan fingerprint density at radius 2 is 1.02 bits per heavy atom. The number of hydrogen-bond donors (Lipinski definition) is 0. The van der Waals surface area contributed by atoms with Crippen molar-refractivity contribution in [3.8, 4) is 0 Å². The highest BCUT2D eigenvalue weighted by atomic mass is 32.2. The van der Waals surface area contributed by atoms with Gasteiger partial charge in [0.1, 0.15) is 5.01 Å². The standard InChI is InChI=1S/C32H25N5O2S3/c1-20(2)19-29-33-34-30(42-29)37(31(38)35-21-11-3-7-15-25(21)40-26-16-8-4-12-22(26)35)32(39)36-23-13-5-9-17-27(23)41-28-18-10-6-14-24(28)36/h3-18,20H,19H2,1-2H3. The normalized spacial score (nSPS) is 13.2. The summed E-state index contributed by atoms with van der Waals surface area (Å²) in [7, 11) is 0. The molecule has 5 aromatic rings. The fraction of sp³-hybridized carbons (Fsp3) is 0.125. The fourth-order valence-corrected chi connectivity index (χ4v) is 8.19. The zero-order valence-electron chi connectivity index (χ0n) is 22.8. The summed E-state index contributed by atoms with van der Waals surface area (Å²) >= 11 is 4.49. The van der Waals surface area contributed by atoms with Gasteiger partial charge in [0.15, 0.2) is 0 Å². The van der Waals surface area contributed by atoms with Crippen molar-refractivity contribution in [2.45, 2.75) is 39.9 Å². The van der Waals surface area contributed by atoms with Gasteiger partial charge in [0.25, 0.3) is 0 Å². The van der Waals surface area contributed by atoms with Crippen molar-refractivity contribution in [3.63, 3.8) is 0 Å². The van der Waals surface area contributed by atoms with Crippen molar-refractivity contribution in [1.29, 1.82) is 0 Å². The van der Waals surface area contributed by atoms with Crippen LogP contribution in [-0.2, 0) is 6.42 Å². The molecule has 10 heteroatoms. The molecule has 208 valence electrons. The lowest BCUT2D eigenvalue weighted by Crippen LogP contribution is -2.50. The lowest BCUT2D eigenvalue weighted by molar-refractivity contribution is 0.242. The number of rotatable bonds is 3. The van der Waals surface area contributed by atoms with E-state index in [1.54, 1.807) is 33.3 Å². The van der Waals surface area contributed by atoms with Crippen molar-refractivity contribution in [2.75, 3.05) is 14.7 Å². The lowest BCUT2D eigenvalue weighted by atomic mass is 10.1. The maximum atomic E-state index is 14.9. The molecule has 0 radical (unpaired) electrons. The zero-order valence-corrected chi connectivity index (χ0v) is 25.2. The smallest absolute Gasteiger partial charge is 0.260 e. The van der Waals surface area contributed by atoms with E-state index in [9.17, 15) is 9.59 Å². The molecule has 0 fully saturated rings. The molecule has 0 N–H and O–H groups in total. The van der Waals surface area contributed by atoms with Crippen LogP contribution >= 0.6 is 34.9 Å². The second-order valence-corrected chi connectivity index (χ2v) is 13.4. The average molecular weight is 608 g/mol. The Morgan fingerprint density at radius 1 is 0.643 bits per heavy atom. The van der Waals surface area contributed by atoms with Gasteiger partial charge in [-0.05, 0) is 54.4 Å². The minimum atomic E-state index is -0.513. The molecule has 0 saturated carbocycles. The van der Waals surface area contributed by atoms with E-state index in [4.69, 9.17) is 0 Å². The third kappa shape index (κ3) is 4.65. The number of carbonyl (C=O) groups excluding carboxylic acids is 2. The van der Waals surface area contributed by atoms with E-state index in [0.717, 1.165) is 24.6 Å². The number of para-hydroxylation sites is 4. The molecule has 7 nitrogen and oxygen atoms in total. The number of fused-ring (bicyclic) bond motifs is 4. The first kappa shape index (κ1) is 26.8. The fourth-order valence-electron chi connectivity index (χ4n) is 5.03. The Balaban J connectivity index is 1.40. The van der Waals surface area contributed by atoms with E-state index in [0.29, 0.717) is 35.1 Å². The van der Waals surface area contributed by atoms with Gasteiger partial charge in [0, 0.05) is 26.0 Å². The number of benzene rings is 4. The molecule has 0 unspecified atom stereocenters. The van der Waals surface area contributed by atoms with Crippen molar-refractivity contribution in [3.05, 3.63) is 102 Å². The van der Waals surface area contributed by atoms with Crippen LogP contribution in [0.5, 0.6) is 0 Å². The molecule has 4 amide bonds. The van der Waals surface area contributed by atoms with Gasteiger partial charge >= 0.3 is 12.1 Å². The molecule has 0 saturated heterocycles. The number of carbonyl (C=O) groups is 2. The average Bonchev–Trinajstić information content (AvgIpc) is 3.45. The van der Waals surface area contributed by atoms with Crippen LogP contribution < -0.4 is 14.7 Å². The van der Waals surface area contributed by atoms with Gasteiger partial charge in [0.05, 0.1) is 22.7 Å². The molecule has 1 aromatic heterocycles.